The maximum Gasteiger partial charge on any atom is 0.410 e. The number of hydrogen-bond donors (Lipinski definition) is 1. The van der Waals surface area contributed by atoms with E-state index >= 15 is 0 Å². The normalized spacial score (nSPS) is 19.9. The van der Waals surface area contributed by atoms with Gasteiger partial charge in [0.1, 0.15) is 11.6 Å². The number of imide groups is 1. The van der Waals surface area contributed by atoms with Gasteiger partial charge in [0.05, 0.1) is 11.0 Å². The predicted octanol–water partition coefficient (Wildman–Crippen LogP) is 2.15. The van der Waals surface area contributed by atoms with Gasteiger partial charge in [-0.05, 0) is 58.2 Å². The first-order valence-corrected chi connectivity index (χ1v) is 11.7. The summed E-state index contributed by atoms with van der Waals surface area (Å²) in [5.41, 5.74) is 1.59. The van der Waals surface area contributed by atoms with Crippen molar-refractivity contribution in [2.24, 2.45) is 7.05 Å². The van der Waals surface area contributed by atoms with Crippen LogP contribution in [0, 0.1) is 0 Å². The molecule has 1 aromatic carbocycles. The molecule has 2 aliphatic heterocycles. The highest BCUT2D eigenvalue weighted by molar-refractivity contribution is 6.00. The fourth-order valence-corrected chi connectivity index (χ4v) is 4.77. The molecule has 2 aromatic rings. The van der Waals surface area contributed by atoms with E-state index in [1.54, 1.807) is 23.6 Å². The third-order valence-electron chi connectivity index (χ3n) is 6.65. The summed E-state index contributed by atoms with van der Waals surface area (Å²) in [4.78, 5) is 53.2. The van der Waals surface area contributed by atoms with Gasteiger partial charge in [-0.1, -0.05) is 0 Å². The lowest BCUT2D eigenvalue weighted by atomic mass is 10.0. The van der Waals surface area contributed by atoms with E-state index in [9.17, 15) is 19.2 Å². The van der Waals surface area contributed by atoms with Gasteiger partial charge >= 0.3 is 11.8 Å². The van der Waals surface area contributed by atoms with Crippen LogP contribution in [0.2, 0.25) is 0 Å². The molecule has 34 heavy (non-hydrogen) atoms. The number of anilines is 1. The lowest BCUT2D eigenvalue weighted by molar-refractivity contribution is -0.135. The Kier molecular flexibility index (Phi) is 6.18. The molecular formula is C24H33N5O5. The second kappa shape index (κ2) is 8.81. The van der Waals surface area contributed by atoms with Gasteiger partial charge in [-0.3, -0.25) is 24.0 Å². The monoisotopic (exact) mass is 471 g/mol. The first kappa shape index (κ1) is 23.8. The van der Waals surface area contributed by atoms with Crippen molar-refractivity contribution >= 4 is 34.6 Å². The molecule has 0 spiro atoms. The number of ether oxygens (including phenoxy) is 1. The molecule has 184 valence electrons. The Morgan fingerprint density at radius 1 is 1.09 bits per heavy atom. The maximum absolute atomic E-state index is 13.0. The number of fused-ring (bicyclic) bond motifs is 1. The van der Waals surface area contributed by atoms with E-state index < -0.39 is 17.6 Å². The molecule has 0 saturated carbocycles. The molecule has 10 nitrogen and oxygen atoms in total. The molecule has 4 rings (SSSR count). The van der Waals surface area contributed by atoms with Crippen molar-refractivity contribution in [1.82, 2.24) is 19.4 Å². The Labute approximate surface area is 198 Å². The van der Waals surface area contributed by atoms with Crippen LogP contribution in [0.4, 0.5) is 10.5 Å². The molecule has 1 aromatic heterocycles. The number of piperidine rings is 2. The Balaban J connectivity index is 1.51. The zero-order valence-electron chi connectivity index (χ0n) is 20.5. The largest absolute Gasteiger partial charge is 0.444 e. The standard InChI is InChI=1S/C24H33N5O5/c1-24(2,3)34-23(33)26(4)15-10-12-28(13-11-15)16-6-7-17-19(14-16)27(5)22(32)29(17)18-8-9-20(30)25-21(18)31/h6-7,14-15,18H,8-13H2,1-5H3,(H,25,30,31). The van der Waals surface area contributed by atoms with E-state index in [-0.39, 0.29) is 30.2 Å². The minimum Gasteiger partial charge on any atom is -0.444 e. The maximum atomic E-state index is 13.0. The molecule has 1 atom stereocenters. The smallest absolute Gasteiger partial charge is 0.410 e. The molecule has 0 bridgehead atoms. The highest BCUT2D eigenvalue weighted by Gasteiger charge is 2.32. The van der Waals surface area contributed by atoms with Crippen molar-refractivity contribution in [2.45, 2.75) is 64.1 Å². The van der Waals surface area contributed by atoms with E-state index in [1.807, 2.05) is 39.0 Å². The Hall–Kier alpha value is -3.30. The molecule has 0 radical (unpaired) electrons. The summed E-state index contributed by atoms with van der Waals surface area (Å²) in [6, 6.07) is 5.21. The van der Waals surface area contributed by atoms with Crippen LogP contribution in [0.25, 0.3) is 11.0 Å². The quantitative estimate of drug-likeness (QED) is 0.688. The fraction of sp³-hybridized carbons (Fsp3) is 0.583. The van der Waals surface area contributed by atoms with Crippen molar-refractivity contribution in [3.63, 3.8) is 0 Å². The predicted molar refractivity (Wildman–Crippen MR) is 128 cm³/mol. The molecule has 2 fully saturated rings. The second-order valence-corrected chi connectivity index (χ2v) is 10.2. The first-order valence-electron chi connectivity index (χ1n) is 11.7. The van der Waals surface area contributed by atoms with Gasteiger partial charge in [0.25, 0.3) is 0 Å². The molecule has 1 N–H and O–H groups in total. The number of rotatable bonds is 3. The zero-order valence-corrected chi connectivity index (χ0v) is 20.5. The highest BCUT2D eigenvalue weighted by Crippen LogP contribution is 2.28. The van der Waals surface area contributed by atoms with Crippen molar-refractivity contribution in [3.8, 4) is 0 Å². The van der Waals surface area contributed by atoms with Crippen LogP contribution >= 0.6 is 0 Å². The van der Waals surface area contributed by atoms with Crippen LogP contribution < -0.4 is 15.9 Å². The summed E-state index contributed by atoms with van der Waals surface area (Å²) >= 11 is 0. The molecule has 0 aliphatic carbocycles. The third-order valence-corrected chi connectivity index (χ3v) is 6.65. The van der Waals surface area contributed by atoms with Gasteiger partial charge in [-0.25, -0.2) is 9.59 Å². The van der Waals surface area contributed by atoms with Gasteiger partial charge in [0, 0.05) is 45.3 Å². The van der Waals surface area contributed by atoms with Crippen molar-refractivity contribution in [2.75, 3.05) is 25.0 Å². The number of aryl methyl sites for hydroxylation is 1. The SMILES string of the molecule is CN(C(=O)OC(C)(C)C)C1CCN(c2ccc3c(c2)n(C)c(=O)n3C2CCC(=O)NC2=O)CC1. The zero-order chi connectivity index (χ0) is 24.8. The van der Waals surface area contributed by atoms with Crippen LogP contribution in [0.5, 0.6) is 0 Å². The second-order valence-electron chi connectivity index (χ2n) is 10.2. The average Bonchev–Trinajstić information content (AvgIpc) is 3.02. The van der Waals surface area contributed by atoms with E-state index in [1.165, 1.54) is 4.57 Å². The van der Waals surface area contributed by atoms with Gasteiger partial charge in [-0.2, -0.15) is 0 Å². The fourth-order valence-electron chi connectivity index (χ4n) is 4.77. The number of nitrogens with zero attached hydrogens (tertiary/aromatic N) is 4. The topological polar surface area (TPSA) is 106 Å². The van der Waals surface area contributed by atoms with Crippen molar-refractivity contribution < 1.29 is 19.1 Å². The number of carbonyl (C=O) groups excluding carboxylic acids is 3. The molecule has 2 aliphatic rings. The summed E-state index contributed by atoms with van der Waals surface area (Å²) in [6.45, 7) is 7.12. The van der Waals surface area contributed by atoms with E-state index in [0.29, 0.717) is 11.9 Å². The lowest BCUT2D eigenvalue weighted by Crippen LogP contribution is -2.47. The van der Waals surface area contributed by atoms with Crippen LogP contribution in [-0.4, -0.2) is 63.7 Å². The van der Waals surface area contributed by atoms with Gasteiger partial charge in [0.15, 0.2) is 0 Å². The van der Waals surface area contributed by atoms with Crippen molar-refractivity contribution in [3.05, 3.63) is 28.7 Å². The van der Waals surface area contributed by atoms with E-state index in [0.717, 1.165) is 37.1 Å². The molecule has 3 heterocycles. The average molecular weight is 472 g/mol. The minimum atomic E-state index is -0.695. The first-order chi connectivity index (χ1) is 16.0. The summed E-state index contributed by atoms with van der Waals surface area (Å²) in [6.07, 6.45) is 1.83. The number of nitrogens with one attached hydrogen (secondary N) is 1. The van der Waals surface area contributed by atoms with Crippen molar-refractivity contribution in [1.29, 1.82) is 0 Å². The lowest BCUT2D eigenvalue weighted by Gasteiger charge is -2.38. The number of imidazole rings is 1. The molecule has 3 amide bonds. The third kappa shape index (κ3) is 4.53. The summed E-state index contributed by atoms with van der Waals surface area (Å²) in [5, 5.41) is 2.33. The summed E-state index contributed by atoms with van der Waals surface area (Å²) in [5.74, 6) is -0.747. The van der Waals surface area contributed by atoms with Crippen LogP contribution in [0.3, 0.4) is 0 Å². The number of carbonyl (C=O) groups is 3. The Morgan fingerprint density at radius 3 is 2.38 bits per heavy atom. The Morgan fingerprint density at radius 2 is 1.76 bits per heavy atom. The molecular weight excluding hydrogens is 438 g/mol. The minimum absolute atomic E-state index is 0.104. The summed E-state index contributed by atoms with van der Waals surface area (Å²) in [7, 11) is 3.48. The highest BCUT2D eigenvalue weighted by atomic mass is 16.6. The Bertz CT molecular complexity index is 1180. The summed E-state index contributed by atoms with van der Waals surface area (Å²) < 4.78 is 8.53. The number of hydrogen-bond acceptors (Lipinski definition) is 6. The van der Waals surface area contributed by atoms with Crippen LogP contribution in [-0.2, 0) is 21.4 Å². The molecule has 10 heteroatoms. The number of aromatic nitrogens is 2. The number of amides is 3. The molecule has 1 unspecified atom stereocenters. The van der Waals surface area contributed by atoms with Gasteiger partial charge < -0.3 is 14.5 Å². The van der Waals surface area contributed by atoms with Gasteiger partial charge in [0.2, 0.25) is 11.8 Å². The van der Waals surface area contributed by atoms with Gasteiger partial charge in [-0.15, -0.1) is 0 Å². The molecule has 2 saturated heterocycles. The van der Waals surface area contributed by atoms with E-state index in [2.05, 4.69) is 10.2 Å². The van der Waals surface area contributed by atoms with Crippen LogP contribution in [0.1, 0.15) is 52.5 Å². The number of benzene rings is 1. The van der Waals surface area contributed by atoms with Crippen LogP contribution in [0.15, 0.2) is 23.0 Å². The van der Waals surface area contributed by atoms with E-state index in [4.69, 9.17) is 4.74 Å².